The summed E-state index contributed by atoms with van der Waals surface area (Å²) in [5.41, 5.74) is 0.0993. The van der Waals surface area contributed by atoms with E-state index in [9.17, 15) is 9.50 Å². The van der Waals surface area contributed by atoms with E-state index in [1.807, 2.05) is 6.07 Å². The number of benzene rings is 1. The van der Waals surface area contributed by atoms with Crippen molar-refractivity contribution in [2.45, 2.75) is 18.4 Å². The minimum Gasteiger partial charge on any atom is -0.493 e. The lowest BCUT2D eigenvalue weighted by Gasteiger charge is -2.13. The van der Waals surface area contributed by atoms with Crippen molar-refractivity contribution >= 4 is 0 Å². The minimum absolute atomic E-state index is 0.00174. The van der Waals surface area contributed by atoms with Crippen molar-refractivity contribution in [1.29, 1.82) is 0 Å². The Labute approximate surface area is 93.8 Å². The third kappa shape index (κ3) is 2.11. The Morgan fingerprint density at radius 1 is 1.38 bits per heavy atom. The van der Waals surface area contributed by atoms with E-state index < -0.39 is 12.3 Å². The number of aliphatic hydroxyl groups is 1. The molecule has 0 amide bonds. The highest BCUT2D eigenvalue weighted by Gasteiger charge is 2.42. The van der Waals surface area contributed by atoms with Gasteiger partial charge in [-0.3, -0.25) is 0 Å². The molecular weight excluding hydrogens is 211 g/mol. The standard InChI is InChI=1S/C12H15FO3/c1-15-10-3-2-9(12(14)4-5-12)8-11(10)16-7-6-13/h2-3,8,14H,4-7H2,1H3. The number of hydrogen-bond acceptors (Lipinski definition) is 3. The van der Waals surface area contributed by atoms with Crippen LogP contribution in [0.25, 0.3) is 0 Å². The third-order valence-electron chi connectivity index (χ3n) is 2.76. The van der Waals surface area contributed by atoms with Crippen molar-refractivity contribution < 1.29 is 19.0 Å². The first kappa shape index (κ1) is 11.2. The van der Waals surface area contributed by atoms with E-state index >= 15 is 0 Å². The lowest BCUT2D eigenvalue weighted by atomic mass is 10.1. The molecule has 0 radical (unpaired) electrons. The average Bonchev–Trinajstić information content (AvgIpc) is 3.05. The van der Waals surface area contributed by atoms with Gasteiger partial charge in [-0.05, 0) is 30.5 Å². The fourth-order valence-corrected chi connectivity index (χ4v) is 1.63. The van der Waals surface area contributed by atoms with E-state index in [-0.39, 0.29) is 6.61 Å². The van der Waals surface area contributed by atoms with Crippen molar-refractivity contribution in [1.82, 2.24) is 0 Å². The summed E-state index contributed by atoms with van der Waals surface area (Å²) in [6.07, 6.45) is 1.53. The second-order valence-electron chi connectivity index (χ2n) is 3.93. The molecule has 16 heavy (non-hydrogen) atoms. The number of hydrogen-bond donors (Lipinski definition) is 1. The first-order valence-corrected chi connectivity index (χ1v) is 5.29. The summed E-state index contributed by atoms with van der Waals surface area (Å²) >= 11 is 0. The molecule has 88 valence electrons. The summed E-state index contributed by atoms with van der Waals surface area (Å²) in [4.78, 5) is 0. The van der Waals surface area contributed by atoms with Crippen molar-refractivity contribution in [3.63, 3.8) is 0 Å². The average molecular weight is 226 g/mol. The van der Waals surface area contributed by atoms with Crippen LogP contribution in [0.4, 0.5) is 4.39 Å². The number of rotatable bonds is 5. The highest BCUT2D eigenvalue weighted by Crippen LogP contribution is 2.47. The molecule has 0 unspecified atom stereocenters. The molecule has 0 aromatic heterocycles. The molecule has 0 atom stereocenters. The molecule has 1 aliphatic rings. The molecule has 2 rings (SSSR count). The molecule has 0 bridgehead atoms. The number of alkyl halides is 1. The highest BCUT2D eigenvalue weighted by molar-refractivity contribution is 5.45. The Hall–Kier alpha value is -1.29. The summed E-state index contributed by atoms with van der Waals surface area (Å²) in [5.74, 6) is 1.04. The van der Waals surface area contributed by atoms with Gasteiger partial charge in [0.25, 0.3) is 0 Å². The van der Waals surface area contributed by atoms with E-state index in [2.05, 4.69) is 0 Å². The van der Waals surface area contributed by atoms with Crippen LogP contribution in [0.2, 0.25) is 0 Å². The normalized spacial score (nSPS) is 16.9. The van der Waals surface area contributed by atoms with Crippen molar-refractivity contribution in [3.05, 3.63) is 23.8 Å². The Kier molecular flexibility index (Phi) is 3.01. The van der Waals surface area contributed by atoms with Crippen molar-refractivity contribution in [3.8, 4) is 11.5 Å². The lowest BCUT2D eigenvalue weighted by Crippen LogP contribution is -2.06. The zero-order chi connectivity index (χ0) is 11.6. The van der Waals surface area contributed by atoms with Gasteiger partial charge >= 0.3 is 0 Å². The second-order valence-corrected chi connectivity index (χ2v) is 3.93. The van der Waals surface area contributed by atoms with Gasteiger partial charge in [-0.2, -0.15) is 0 Å². The van der Waals surface area contributed by atoms with Crippen LogP contribution in [0, 0.1) is 0 Å². The van der Waals surface area contributed by atoms with Gasteiger partial charge in [-0.25, -0.2) is 4.39 Å². The van der Waals surface area contributed by atoms with Crippen LogP contribution in [0.1, 0.15) is 18.4 Å². The summed E-state index contributed by atoms with van der Waals surface area (Å²) < 4.78 is 22.4. The van der Waals surface area contributed by atoms with Gasteiger partial charge in [0.1, 0.15) is 13.3 Å². The zero-order valence-corrected chi connectivity index (χ0v) is 9.20. The van der Waals surface area contributed by atoms with E-state index in [1.54, 1.807) is 12.1 Å². The van der Waals surface area contributed by atoms with Gasteiger partial charge in [0.15, 0.2) is 11.5 Å². The van der Waals surface area contributed by atoms with Gasteiger partial charge in [-0.1, -0.05) is 6.07 Å². The van der Waals surface area contributed by atoms with Crippen LogP contribution in [-0.2, 0) is 5.60 Å². The number of methoxy groups -OCH3 is 1. The highest BCUT2D eigenvalue weighted by atomic mass is 19.1. The fraction of sp³-hybridized carbons (Fsp3) is 0.500. The van der Waals surface area contributed by atoms with Crippen LogP contribution in [0.15, 0.2) is 18.2 Å². The molecule has 1 aliphatic carbocycles. The Balaban J connectivity index is 2.24. The van der Waals surface area contributed by atoms with Crippen LogP contribution in [-0.4, -0.2) is 25.5 Å². The smallest absolute Gasteiger partial charge is 0.161 e. The topological polar surface area (TPSA) is 38.7 Å². The molecule has 0 aliphatic heterocycles. The number of halogens is 1. The molecule has 1 fully saturated rings. The molecular formula is C12H15FO3. The molecule has 1 aromatic carbocycles. The van der Waals surface area contributed by atoms with Gasteiger partial charge in [0.05, 0.1) is 12.7 Å². The Morgan fingerprint density at radius 3 is 2.69 bits per heavy atom. The Morgan fingerprint density at radius 2 is 2.12 bits per heavy atom. The molecule has 0 spiro atoms. The first-order chi connectivity index (χ1) is 7.69. The summed E-state index contributed by atoms with van der Waals surface area (Å²) in [5, 5.41) is 9.94. The van der Waals surface area contributed by atoms with Crippen LogP contribution in [0.5, 0.6) is 11.5 Å². The summed E-state index contributed by atoms with van der Waals surface area (Å²) in [6.45, 7) is -0.546. The summed E-state index contributed by atoms with van der Waals surface area (Å²) in [7, 11) is 1.53. The zero-order valence-electron chi connectivity index (χ0n) is 9.20. The maximum Gasteiger partial charge on any atom is 0.161 e. The van der Waals surface area contributed by atoms with Crippen LogP contribution < -0.4 is 9.47 Å². The van der Waals surface area contributed by atoms with Gasteiger partial charge in [0.2, 0.25) is 0 Å². The quantitative estimate of drug-likeness (QED) is 0.834. The predicted molar refractivity (Wildman–Crippen MR) is 57.6 cm³/mol. The summed E-state index contributed by atoms with van der Waals surface area (Å²) in [6, 6.07) is 5.27. The molecule has 0 saturated heterocycles. The lowest BCUT2D eigenvalue weighted by molar-refractivity contribution is 0.150. The largest absolute Gasteiger partial charge is 0.493 e. The SMILES string of the molecule is COc1ccc(C2(O)CC2)cc1OCCF. The van der Waals surface area contributed by atoms with Crippen LogP contribution >= 0.6 is 0 Å². The van der Waals surface area contributed by atoms with E-state index in [4.69, 9.17) is 9.47 Å². The van der Waals surface area contributed by atoms with E-state index in [0.29, 0.717) is 11.5 Å². The molecule has 1 N–H and O–H groups in total. The third-order valence-corrected chi connectivity index (χ3v) is 2.76. The molecule has 3 nitrogen and oxygen atoms in total. The van der Waals surface area contributed by atoms with Crippen molar-refractivity contribution in [2.75, 3.05) is 20.4 Å². The molecule has 0 heterocycles. The maximum atomic E-state index is 12.0. The first-order valence-electron chi connectivity index (χ1n) is 5.29. The molecule has 1 saturated carbocycles. The minimum atomic E-state index is -0.708. The van der Waals surface area contributed by atoms with Crippen molar-refractivity contribution in [2.24, 2.45) is 0 Å². The van der Waals surface area contributed by atoms with E-state index in [1.165, 1.54) is 7.11 Å². The van der Waals surface area contributed by atoms with Gasteiger partial charge < -0.3 is 14.6 Å². The predicted octanol–water partition coefficient (Wildman–Crippen LogP) is 2.02. The van der Waals surface area contributed by atoms with Crippen LogP contribution in [0.3, 0.4) is 0 Å². The molecule has 1 aromatic rings. The Bertz CT molecular complexity index is 375. The van der Waals surface area contributed by atoms with Gasteiger partial charge in [-0.15, -0.1) is 0 Å². The van der Waals surface area contributed by atoms with E-state index in [0.717, 1.165) is 18.4 Å². The van der Waals surface area contributed by atoms with Gasteiger partial charge in [0, 0.05) is 0 Å². The second kappa shape index (κ2) is 4.29. The number of ether oxygens (including phenoxy) is 2. The maximum absolute atomic E-state index is 12.0. The molecule has 4 heteroatoms. The fourth-order valence-electron chi connectivity index (χ4n) is 1.63. The monoisotopic (exact) mass is 226 g/mol.